The first kappa shape index (κ1) is 25.5. The van der Waals surface area contributed by atoms with Gasteiger partial charge in [0.1, 0.15) is 5.76 Å². The van der Waals surface area contributed by atoms with Crippen molar-refractivity contribution in [3.63, 3.8) is 0 Å². The van der Waals surface area contributed by atoms with Crippen LogP contribution in [0, 0.1) is 5.92 Å². The van der Waals surface area contributed by atoms with Gasteiger partial charge in [-0.1, -0.05) is 0 Å². The summed E-state index contributed by atoms with van der Waals surface area (Å²) in [5, 5.41) is 0. The Bertz CT molecular complexity index is 1160. The van der Waals surface area contributed by atoms with Gasteiger partial charge in [0.2, 0.25) is 6.79 Å². The van der Waals surface area contributed by atoms with E-state index in [0.717, 1.165) is 55.8 Å². The number of esters is 2. The average Bonchev–Trinajstić information content (AvgIpc) is 3.58. The number of methoxy groups -OCH3 is 2. The predicted molar refractivity (Wildman–Crippen MR) is 136 cm³/mol. The molecule has 4 aliphatic heterocycles. The Balaban J connectivity index is 1.37. The third-order valence-corrected chi connectivity index (χ3v) is 9.09. The Labute approximate surface area is 223 Å². The molecule has 0 aromatic heterocycles. The van der Waals surface area contributed by atoms with Gasteiger partial charge in [0.05, 0.1) is 37.7 Å². The summed E-state index contributed by atoms with van der Waals surface area (Å²) in [6.45, 7) is 6.02. The van der Waals surface area contributed by atoms with Gasteiger partial charge in [0.25, 0.3) is 0 Å². The number of hydrogen-bond donors (Lipinski definition) is 0. The van der Waals surface area contributed by atoms with Gasteiger partial charge >= 0.3 is 11.9 Å². The van der Waals surface area contributed by atoms with Crippen molar-refractivity contribution in [3.8, 4) is 11.5 Å². The topological polar surface area (TPSA) is 92.8 Å². The van der Waals surface area contributed by atoms with Crippen LogP contribution in [0.2, 0.25) is 0 Å². The Morgan fingerprint density at radius 1 is 1.11 bits per heavy atom. The molecule has 2 saturated heterocycles. The Kier molecular flexibility index (Phi) is 6.34. The number of hydrogen-bond acceptors (Lipinski definition) is 9. The summed E-state index contributed by atoms with van der Waals surface area (Å²) in [5.74, 6) is 0.835. The van der Waals surface area contributed by atoms with Crippen LogP contribution in [0.5, 0.6) is 11.5 Å². The standard InChI is InChI=1S/C29H37NO8/c1-28(2)9-6-18(13-23(31)34-4)25(38-28)27(32)37-26-22(33-3)15-29-8-5-10-30(29)11-7-17-12-20-21(36-16-35-20)14-19(17)24(26)29/h12,14-15,18,24-26H,5-11,13,16H2,1-4H3/t18?,24-,25?,26-,29+/m1/s1. The minimum Gasteiger partial charge on any atom is -0.497 e. The van der Waals surface area contributed by atoms with Crippen molar-refractivity contribution in [2.75, 3.05) is 34.1 Å². The molecule has 9 heteroatoms. The summed E-state index contributed by atoms with van der Waals surface area (Å²) >= 11 is 0. The zero-order chi connectivity index (χ0) is 26.7. The first-order valence-electron chi connectivity index (χ1n) is 13.6. The van der Waals surface area contributed by atoms with Crippen molar-refractivity contribution in [2.24, 2.45) is 5.92 Å². The number of carbonyl (C=O) groups is 2. The van der Waals surface area contributed by atoms with E-state index < -0.39 is 23.8 Å². The lowest BCUT2D eigenvalue weighted by molar-refractivity contribution is -0.192. The van der Waals surface area contributed by atoms with Gasteiger partial charge in [-0.05, 0) is 81.8 Å². The zero-order valence-electron chi connectivity index (χ0n) is 22.6. The van der Waals surface area contributed by atoms with E-state index in [1.807, 2.05) is 13.8 Å². The van der Waals surface area contributed by atoms with E-state index in [2.05, 4.69) is 23.1 Å². The highest BCUT2D eigenvalue weighted by atomic mass is 16.7. The normalized spacial score (nSPS) is 32.9. The van der Waals surface area contributed by atoms with Crippen molar-refractivity contribution in [3.05, 3.63) is 35.1 Å². The van der Waals surface area contributed by atoms with Crippen LogP contribution in [0.25, 0.3) is 0 Å². The van der Waals surface area contributed by atoms with E-state index in [4.69, 9.17) is 28.4 Å². The fourth-order valence-corrected chi connectivity index (χ4v) is 7.22. The Morgan fingerprint density at radius 2 is 1.89 bits per heavy atom. The highest BCUT2D eigenvalue weighted by Crippen LogP contribution is 2.55. The number of benzene rings is 1. The molecular weight excluding hydrogens is 490 g/mol. The van der Waals surface area contributed by atoms with Crippen molar-refractivity contribution < 1.29 is 38.0 Å². The maximum atomic E-state index is 13.9. The van der Waals surface area contributed by atoms with E-state index in [1.165, 1.54) is 12.7 Å². The molecule has 1 aromatic rings. The summed E-state index contributed by atoms with van der Waals surface area (Å²) in [6.07, 6.45) is 5.10. The summed E-state index contributed by atoms with van der Waals surface area (Å²) < 4.78 is 34.9. The van der Waals surface area contributed by atoms with Gasteiger partial charge in [-0.2, -0.15) is 0 Å². The van der Waals surface area contributed by atoms with E-state index in [9.17, 15) is 9.59 Å². The lowest BCUT2D eigenvalue weighted by Crippen LogP contribution is -2.50. The summed E-state index contributed by atoms with van der Waals surface area (Å²) in [4.78, 5) is 28.6. The summed E-state index contributed by atoms with van der Waals surface area (Å²) in [7, 11) is 2.99. The lowest BCUT2D eigenvalue weighted by atomic mass is 9.77. The maximum absolute atomic E-state index is 13.9. The molecule has 0 saturated carbocycles. The molecule has 6 rings (SSSR count). The largest absolute Gasteiger partial charge is 0.497 e. The SMILES string of the molecule is COC(=O)CC1CCC(C)(C)OC1C(=O)O[C@@H]1C(OC)=C[C@]23CCCN2CCc2cc4c(cc2[C@H]13)OCO4. The van der Waals surface area contributed by atoms with Crippen LogP contribution >= 0.6 is 0 Å². The van der Waals surface area contributed by atoms with Gasteiger partial charge in [0, 0.05) is 12.5 Å². The number of carbonyl (C=O) groups excluding carboxylic acids is 2. The lowest BCUT2D eigenvalue weighted by Gasteiger charge is -2.41. The number of nitrogens with zero attached hydrogens (tertiary/aromatic N) is 1. The molecule has 5 atom stereocenters. The molecule has 5 aliphatic rings. The van der Waals surface area contributed by atoms with Crippen LogP contribution in [-0.4, -0.2) is 74.3 Å². The molecule has 206 valence electrons. The minimum absolute atomic E-state index is 0.109. The van der Waals surface area contributed by atoms with Crippen molar-refractivity contribution in [1.82, 2.24) is 4.90 Å². The van der Waals surface area contributed by atoms with Crippen LogP contribution in [0.3, 0.4) is 0 Å². The van der Waals surface area contributed by atoms with E-state index in [-0.39, 0.29) is 36.6 Å². The van der Waals surface area contributed by atoms with Gasteiger partial charge in [-0.15, -0.1) is 0 Å². The van der Waals surface area contributed by atoms with Crippen molar-refractivity contribution in [1.29, 1.82) is 0 Å². The van der Waals surface area contributed by atoms with E-state index in [0.29, 0.717) is 12.2 Å². The third-order valence-electron chi connectivity index (χ3n) is 9.09. The van der Waals surface area contributed by atoms with E-state index >= 15 is 0 Å². The third kappa shape index (κ3) is 4.14. The first-order chi connectivity index (χ1) is 18.2. The monoisotopic (exact) mass is 527 g/mol. The molecule has 0 amide bonds. The molecule has 2 unspecified atom stereocenters. The van der Waals surface area contributed by atoms with Crippen molar-refractivity contribution >= 4 is 11.9 Å². The predicted octanol–water partition coefficient (Wildman–Crippen LogP) is 3.48. The smallest absolute Gasteiger partial charge is 0.336 e. The van der Waals surface area contributed by atoms with Crippen LogP contribution in [0.4, 0.5) is 0 Å². The molecule has 2 fully saturated rings. The van der Waals surface area contributed by atoms with Gasteiger partial charge in [-0.25, -0.2) is 4.79 Å². The van der Waals surface area contributed by atoms with Crippen LogP contribution in [-0.2, 0) is 35.0 Å². The zero-order valence-corrected chi connectivity index (χ0v) is 22.6. The Hall–Kier alpha value is -2.78. The molecule has 38 heavy (non-hydrogen) atoms. The quantitative estimate of drug-likeness (QED) is 0.534. The molecule has 1 spiro atoms. The molecule has 0 radical (unpaired) electrons. The van der Waals surface area contributed by atoms with Gasteiger partial charge in [0.15, 0.2) is 23.7 Å². The highest BCUT2D eigenvalue weighted by molar-refractivity contribution is 5.78. The van der Waals surface area contributed by atoms with Crippen LogP contribution in [0.1, 0.15) is 63.0 Å². The second-order valence-electron chi connectivity index (χ2n) is 11.7. The highest BCUT2D eigenvalue weighted by Gasteiger charge is 2.58. The van der Waals surface area contributed by atoms with Crippen molar-refractivity contribution in [2.45, 2.75) is 81.6 Å². The minimum atomic E-state index is -0.866. The molecule has 1 aromatic carbocycles. The Morgan fingerprint density at radius 3 is 2.66 bits per heavy atom. The van der Waals surface area contributed by atoms with Crippen LogP contribution in [0.15, 0.2) is 24.0 Å². The second kappa shape index (κ2) is 9.45. The molecule has 4 heterocycles. The molecule has 0 N–H and O–H groups in total. The fraction of sp³-hybridized carbons (Fsp3) is 0.655. The first-order valence-corrected chi connectivity index (χ1v) is 13.6. The van der Waals surface area contributed by atoms with Gasteiger partial charge < -0.3 is 28.4 Å². The average molecular weight is 528 g/mol. The number of rotatable bonds is 5. The fourth-order valence-electron chi connectivity index (χ4n) is 7.22. The van der Waals surface area contributed by atoms with Gasteiger partial charge in [-0.3, -0.25) is 9.69 Å². The maximum Gasteiger partial charge on any atom is 0.336 e. The van der Waals surface area contributed by atoms with E-state index in [1.54, 1.807) is 7.11 Å². The second-order valence-corrected chi connectivity index (χ2v) is 11.7. The molecule has 0 bridgehead atoms. The number of fused-ring (bicyclic) bond motifs is 3. The molecular formula is C29H37NO8. The molecule has 9 nitrogen and oxygen atoms in total. The molecule has 1 aliphatic carbocycles. The van der Waals surface area contributed by atoms with Crippen LogP contribution < -0.4 is 9.47 Å². The summed E-state index contributed by atoms with van der Waals surface area (Å²) in [6, 6.07) is 4.15. The summed E-state index contributed by atoms with van der Waals surface area (Å²) in [5.41, 5.74) is 1.48. The number of ether oxygens (including phenoxy) is 6.